The number of anilines is 1. The zero-order valence-corrected chi connectivity index (χ0v) is 15.1. The van der Waals surface area contributed by atoms with Crippen LogP contribution in [-0.4, -0.2) is 32.3 Å². The van der Waals surface area contributed by atoms with Gasteiger partial charge in [-0.05, 0) is 48.9 Å². The summed E-state index contributed by atoms with van der Waals surface area (Å²) in [6.45, 7) is 1.34. The molecule has 2 aromatic carbocycles. The highest BCUT2D eigenvalue weighted by atomic mass is 35.5. The highest BCUT2D eigenvalue weighted by Gasteiger charge is 2.29. The zero-order chi connectivity index (χ0) is 18.5. The molecule has 2 atom stereocenters. The van der Waals surface area contributed by atoms with Crippen molar-refractivity contribution in [2.45, 2.75) is 18.4 Å². The van der Waals surface area contributed by atoms with Gasteiger partial charge in [0, 0.05) is 29.2 Å². The molecule has 26 heavy (non-hydrogen) atoms. The van der Waals surface area contributed by atoms with Crippen LogP contribution in [0.25, 0.3) is 0 Å². The smallest absolute Gasteiger partial charge is 0.319 e. The number of methoxy groups -OCH3 is 1. The predicted molar refractivity (Wildman–Crippen MR) is 101 cm³/mol. The van der Waals surface area contributed by atoms with E-state index in [0.717, 1.165) is 13.0 Å². The normalized spacial score (nSPS) is 19.7. The standard InChI is InChI=1S/C19H21ClFN3O2/c1-26-14-6-7-15(17(21)10-14)16-8-9-22-11-18(16)24-19(25)23-13-4-2-12(20)3-5-13/h2-7,10,16,18,22H,8-9,11H2,1H3,(H2,23,24,25)/t16-,18+/m1/s1. The van der Waals surface area contributed by atoms with Crippen LogP contribution in [0.15, 0.2) is 42.5 Å². The number of carbonyl (C=O) groups is 1. The minimum Gasteiger partial charge on any atom is -0.497 e. The number of carbonyl (C=O) groups excluding carboxylic acids is 1. The zero-order valence-electron chi connectivity index (χ0n) is 14.4. The molecule has 1 aliphatic rings. The van der Waals surface area contributed by atoms with Gasteiger partial charge in [0.15, 0.2) is 0 Å². The SMILES string of the molecule is COc1ccc([C@H]2CCNC[C@@H]2NC(=O)Nc2ccc(Cl)cc2)c(F)c1. The fourth-order valence-corrected chi connectivity index (χ4v) is 3.31. The predicted octanol–water partition coefficient (Wildman–Crippen LogP) is 3.75. The minimum absolute atomic E-state index is 0.113. The van der Waals surface area contributed by atoms with Gasteiger partial charge in [0.1, 0.15) is 11.6 Å². The summed E-state index contributed by atoms with van der Waals surface area (Å²) < 4.78 is 19.5. The summed E-state index contributed by atoms with van der Waals surface area (Å²) >= 11 is 5.85. The van der Waals surface area contributed by atoms with Gasteiger partial charge in [0.05, 0.1) is 13.2 Å². The van der Waals surface area contributed by atoms with E-state index in [1.54, 1.807) is 36.4 Å². The Labute approximate surface area is 156 Å². The van der Waals surface area contributed by atoms with Crippen molar-refractivity contribution in [1.29, 1.82) is 0 Å². The molecular weight excluding hydrogens is 357 g/mol. The van der Waals surface area contributed by atoms with E-state index in [4.69, 9.17) is 16.3 Å². The maximum absolute atomic E-state index is 14.5. The van der Waals surface area contributed by atoms with E-state index in [1.165, 1.54) is 13.2 Å². The van der Waals surface area contributed by atoms with Crippen LogP contribution in [0.5, 0.6) is 5.75 Å². The molecule has 0 aliphatic carbocycles. The van der Waals surface area contributed by atoms with Crippen LogP contribution in [0.1, 0.15) is 17.9 Å². The second kappa shape index (κ2) is 8.38. The first-order chi connectivity index (χ1) is 12.6. The van der Waals surface area contributed by atoms with E-state index in [-0.39, 0.29) is 23.8 Å². The Bertz CT molecular complexity index is 770. The number of ether oxygens (including phenoxy) is 1. The van der Waals surface area contributed by atoms with Gasteiger partial charge in [-0.15, -0.1) is 0 Å². The van der Waals surface area contributed by atoms with Crippen LogP contribution >= 0.6 is 11.6 Å². The van der Waals surface area contributed by atoms with E-state index in [1.807, 2.05) is 0 Å². The molecule has 0 spiro atoms. The number of piperidine rings is 1. The lowest BCUT2D eigenvalue weighted by Crippen LogP contribution is -2.51. The summed E-state index contributed by atoms with van der Waals surface area (Å²) in [6, 6.07) is 11.1. The summed E-state index contributed by atoms with van der Waals surface area (Å²) in [5.74, 6) is 0.0458. The van der Waals surface area contributed by atoms with Crippen LogP contribution in [0.2, 0.25) is 5.02 Å². The molecule has 138 valence electrons. The van der Waals surface area contributed by atoms with Gasteiger partial charge < -0.3 is 20.7 Å². The average Bonchev–Trinajstić information content (AvgIpc) is 2.64. The second-order valence-corrected chi connectivity index (χ2v) is 6.64. The van der Waals surface area contributed by atoms with Crippen molar-refractivity contribution >= 4 is 23.3 Å². The summed E-state index contributed by atoms with van der Waals surface area (Å²) in [5, 5.41) is 9.56. The van der Waals surface area contributed by atoms with Crippen molar-refractivity contribution in [3.8, 4) is 5.75 Å². The van der Waals surface area contributed by atoms with E-state index in [2.05, 4.69) is 16.0 Å². The molecule has 7 heteroatoms. The van der Waals surface area contributed by atoms with E-state index in [9.17, 15) is 9.18 Å². The first-order valence-corrected chi connectivity index (χ1v) is 8.82. The van der Waals surface area contributed by atoms with Crippen LogP contribution in [0, 0.1) is 5.82 Å². The van der Waals surface area contributed by atoms with Gasteiger partial charge in [-0.25, -0.2) is 9.18 Å². The lowest BCUT2D eigenvalue weighted by Gasteiger charge is -2.33. The van der Waals surface area contributed by atoms with E-state index in [0.29, 0.717) is 28.6 Å². The van der Waals surface area contributed by atoms with Crippen LogP contribution in [0.4, 0.5) is 14.9 Å². The van der Waals surface area contributed by atoms with Crippen molar-refractivity contribution in [2.75, 3.05) is 25.5 Å². The Hall–Kier alpha value is -2.31. The monoisotopic (exact) mass is 377 g/mol. The average molecular weight is 378 g/mol. The fourth-order valence-electron chi connectivity index (χ4n) is 3.19. The molecule has 2 amide bonds. The molecule has 0 saturated carbocycles. The van der Waals surface area contributed by atoms with Crippen molar-refractivity contribution in [2.24, 2.45) is 0 Å². The van der Waals surface area contributed by atoms with Crippen molar-refractivity contribution in [3.63, 3.8) is 0 Å². The van der Waals surface area contributed by atoms with Crippen LogP contribution < -0.4 is 20.7 Å². The molecular formula is C19H21ClFN3O2. The van der Waals surface area contributed by atoms with E-state index >= 15 is 0 Å². The van der Waals surface area contributed by atoms with Gasteiger partial charge in [0.25, 0.3) is 0 Å². The number of nitrogens with one attached hydrogen (secondary N) is 3. The Kier molecular flexibility index (Phi) is 5.96. The molecule has 0 bridgehead atoms. The van der Waals surface area contributed by atoms with Gasteiger partial charge in [-0.1, -0.05) is 17.7 Å². The van der Waals surface area contributed by atoms with Crippen LogP contribution in [-0.2, 0) is 0 Å². The largest absolute Gasteiger partial charge is 0.497 e. The molecule has 0 aromatic heterocycles. The van der Waals surface area contributed by atoms with Crippen molar-refractivity contribution in [3.05, 3.63) is 58.9 Å². The Balaban J connectivity index is 1.70. The molecule has 0 radical (unpaired) electrons. The topological polar surface area (TPSA) is 62.4 Å². The Morgan fingerprint density at radius 2 is 2.04 bits per heavy atom. The Morgan fingerprint density at radius 3 is 2.73 bits per heavy atom. The molecule has 1 aliphatic heterocycles. The maximum atomic E-state index is 14.5. The van der Waals surface area contributed by atoms with Crippen LogP contribution in [0.3, 0.4) is 0 Å². The lowest BCUT2D eigenvalue weighted by molar-refractivity contribution is 0.241. The first kappa shape index (κ1) is 18.5. The number of rotatable bonds is 4. The van der Waals surface area contributed by atoms with Gasteiger partial charge in [-0.2, -0.15) is 0 Å². The first-order valence-electron chi connectivity index (χ1n) is 8.44. The molecule has 3 rings (SSSR count). The number of hydrogen-bond acceptors (Lipinski definition) is 3. The highest BCUT2D eigenvalue weighted by Crippen LogP contribution is 2.30. The van der Waals surface area contributed by atoms with Gasteiger partial charge in [0.2, 0.25) is 0 Å². The lowest BCUT2D eigenvalue weighted by atomic mass is 9.85. The minimum atomic E-state index is -0.333. The van der Waals surface area contributed by atoms with Crippen molar-refractivity contribution < 1.29 is 13.9 Å². The number of hydrogen-bond donors (Lipinski definition) is 3. The van der Waals surface area contributed by atoms with Gasteiger partial charge >= 0.3 is 6.03 Å². The quantitative estimate of drug-likeness (QED) is 0.760. The molecule has 3 N–H and O–H groups in total. The Morgan fingerprint density at radius 1 is 1.27 bits per heavy atom. The second-order valence-electron chi connectivity index (χ2n) is 6.20. The molecule has 1 fully saturated rings. The molecule has 1 heterocycles. The van der Waals surface area contributed by atoms with Crippen molar-refractivity contribution in [1.82, 2.24) is 10.6 Å². The van der Waals surface area contributed by atoms with Gasteiger partial charge in [-0.3, -0.25) is 0 Å². The molecule has 0 unspecified atom stereocenters. The third-order valence-corrected chi connectivity index (χ3v) is 4.76. The maximum Gasteiger partial charge on any atom is 0.319 e. The highest BCUT2D eigenvalue weighted by molar-refractivity contribution is 6.30. The molecule has 1 saturated heterocycles. The number of halogens is 2. The summed E-state index contributed by atoms with van der Waals surface area (Å²) in [4.78, 5) is 12.3. The fraction of sp³-hybridized carbons (Fsp3) is 0.316. The summed E-state index contributed by atoms with van der Waals surface area (Å²) in [6.07, 6.45) is 0.731. The summed E-state index contributed by atoms with van der Waals surface area (Å²) in [5.41, 5.74) is 1.23. The number of benzene rings is 2. The van der Waals surface area contributed by atoms with E-state index < -0.39 is 0 Å². The number of urea groups is 1. The third-order valence-electron chi connectivity index (χ3n) is 4.51. The summed E-state index contributed by atoms with van der Waals surface area (Å²) in [7, 11) is 1.50. The third kappa shape index (κ3) is 4.45. The molecule has 5 nitrogen and oxygen atoms in total. The molecule has 2 aromatic rings. The number of amides is 2.